The fraction of sp³-hybridized carbons (Fsp3) is 1.00. The molecular formula is C35H72. The van der Waals surface area contributed by atoms with Crippen molar-refractivity contribution in [2.45, 2.75) is 214 Å². The zero-order valence-electron chi connectivity index (χ0n) is 25.7. The van der Waals surface area contributed by atoms with E-state index < -0.39 is 0 Å². The molecule has 0 N–H and O–H groups in total. The van der Waals surface area contributed by atoms with Crippen molar-refractivity contribution < 1.29 is 0 Å². The number of hydrogen-bond donors (Lipinski definition) is 0. The van der Waals surface area contributed by atoms with Crippen LogP contribution in [0, 0.1) is 11.8 Å². The second-order valence-electron chi connectivity index (χ2n) is 12.5. The summed E-state index contributed by atoms with van der Waals surface area (Å²) in [6.45, 7) is 9.61. The molecule has 0 heterocycles. The Balaban J connectivity index is 3.21. The summed E-state index contributed by atoms with van der Waals surface area (Å²) < 4.78 is 0. The van der Waals surface area contributed by atoms with E-state index in [2.05, 4.69) is 27.7 Å². The highest BCUT2D eigenvalue weighted by Crippen LogP contribution is 2.20. The summed E-state index contributed by atoms with van der Waals surface area (Å²) in [7, 11) is 0. The Bertz CT molecular complexity index is 325. The molecule has 0 aliphatic heterocycles. The minimum absolute atomic E-state index is 0.966. The summed E-state index contributed by atoms with van der Waals surface area (Å²) in [5, 5.41) is 0. The van der Waals surface area contributed by atoms with Crippen LogP contribution in [0.1, 0.15) is 214 Å². The number of rotatable bonds is 30. The van der Waals surface area contributed by atoms with Gasteiger partial charge in [-0.2, -0.15) is 0 Å². The van der Waals surface area contributed by atoms with Crippen LogP contribution >= 0.6 is 0 Å². The van der Waals surface area contributed by atoms with E-state index in [4.69, 9.17) is 0 Å². The van der Waals surface area contributed by atoms with Crippen molar-refractivity contribution in [1.29, 1.82) is 0 Å². The molecule has 0 spiro atoms. The third kappa shape index (κ3) is 30.1. The Morgan fingerprint density at radius 3 is 0.629 bits per heavy atom. The molecule has 0 aliphatic carbocycles. The Hall–Kier alpha value is 0. The van der Waals surface area contributed by atoms with E-state index in [0.717, 1.165) is 11.8 Å². The fourth-order valence-electron chi connectivity index (χ4n) is 5.77. The quantitative estimate of drug-likeness (QED) is 0.0874. The van der Waals surface area contributed by atoms with Crippen LogP contribution in [0.3, 0.4) is 0 Å². The molecule has 0 rings (SSSR count). The minimum Gasteiger partial charge on any atom is -0.0654 e. The van der Waals surface area contributed by atoms with Gasteiger partial charge >= 0.3 is 0 Å². The SMILES string of the molecule is CCCCCCCCCCC(C)CCCCCCCCCCCC(C)CCCCCCCCCC. The van der Waals surface area contributed by atoms with Gasteiger partial charge in [-0.05, 0) is 11.8 Å². The average Bonchev–Trinajstić information content (AvgIpc) is 2.85. The molecule has 0 fully saturated rings. The van der Waals surface area contributed by atoms with Crippen LogP contribution in [0.15, 0.2) is 0 Å². The average molecular weight is 493 g/mol. The first-order valence-electron chi connectivity index (χ1n) is 17.2. The summed E-state index contributed by atoms with van der Waals surface area (Å²) in [6, 6.07) is 0. The fourth-order valence-corrected chi connectivity index (χ4v) is 5.77. The lowest BCUT2D eigenvalue weighted by Crippen LogP contribution is -1.95. The van der Waals surface area contributed by atoms with Crippen LogP contribution in [0.2, 0.25) is 0 Å². The maximum absolute atomic E-state index is 2.50. The molecule has 0 saturated heterocycles. The van der Waals surface area contributed by atoms with Crippen LogP contribution in [-0.4, -0.2) is 0 Å². The lowest BCUT2D eigenvalue weighted by atomic mass is 9.95. The molecule has 0 nitrogen and oxygen atoms in total. The second kappa shape index (κ2) is 30.2. The van der Waals surface area contributed by atoms with Gasteiger partial charge in [0.15, 0.2) is 0 Å². The molecule has 0 radical (unpaired) electrons. The zero-order valence-corrected chi connectivity index (χ0v) is 25.7. The standard InChI is InChI=1S/C35H72/c1-5-7-9-11-13-18-22-26-30-34(3)32-28-24-20-16-15-17-21-25-29-33-35(4)31-27-23-19-14-12-10-8-6-2/h34-35H,5-33H2,1-4H3. The lowest BCUT2D eigenvalue weighted by molar-refractivity contribution is 0.425. The molecule has 2 atom stereocenters. The topological polar surface area (TPSA) is 0 Å². The highest BCUT2D eigenvalue weighted by atomic mass is 14.1. The molecule has 0 heteroatoms. The van der Waals surface area contributed by atoms with Crippen LogP contribution in [0.4, 0.5) is 0 Å². The normalized spacial score (nSPS) is 13.4. The van der Waals surface area contributed by atoms with Gasteiger partial charge in [-0.15, -0.1) is 0 Å². The molecule has 0 bridgehead atoms. The smallest absolute Gasteiger partial charge is 0.0443 e. The monoisotopic (exact) mass is 493 g/mol. The molecule has 0 amide bonds. The van der Waals surface area contributed by atoms with E-state index in [0.29, 0.717) is 0 Å². The Morgan fingerprint density at radius 2 is 0.429 bits per heavy atom. The van der Waals surface area contributed by atoms with E-state index in [1.165, 1.54) is 186 Å². The summed E-state index contributed by atoms with van der Waals surface area (Å²) >= 11 is 0. The van der Waals surface area contributed by atoms with Gasteiger partial charge in [-0.1, -0.05) is 214 Å². The van der Waals surface area contributed by atoms with Crippen molar-refractivity contribution in [3.05, 3.63) is 0 Å². The van der Waals surface area contributed by atoms with Gasteiger partial charge in [-0.25, -0.2) is 0 Å². The van der Waals surface area contributed by atoms with Crippen molar-refractivity contribution in [2.24, 2.45) is 11.8 Å². The summed E-state index contributed by atoms with van der Waals surface area (Å²) in [5.41, 5.74) is 0. The molecule has 0 saturated carbocycles. The van der Waals surface area contributed by atoms with Crippen LogP contribution < -0.4 is 0 Å². The maximum Gasteiger partial charge on any atom is -0.0443 e. The molecule has 0 aliphatic rings. The van der Waals surface area contributed by atoms with Crippen LogP contribution in [0.25, 0.3) is 0 Å². The Kier molecular flexibility index (Phi) is 30.2. The second-order valence-corrected chi connectivity index (χ2v) is 12.5. The van der Waals surface area contributed by atoms with Gasteiger partial charge in [0.25, 0.3) is 0 Å². The molecule has 0 aromatic rings. The summed E-state index contributed by atoms with van der Waals surface area (Å²) in [5.74, 6) is 1.93. The molecular weight excluding hydrogens is 420 g/mol. The summed E-state index contributed by atoms with van der Waals surface area (Å²) in [4.78, 5) is 0. The van der Waals surface area contributed by atoms with Crippen molar-refractivity contribution >= 4 is 0 Å². The number of unbranched alkanes of at least 4 members (excludes halogenated alkanes) is 22. The number of hydrogen-bond acceptors (Lipinski definition) is 0. The third-order valence-electron chi connectivity index (χ3n) is 8.49. The van der Waals surface area contributed by atoms with Gasteiger partial charge < -0.3 is 0 Å². The largest absolute Gasteiger partial charge is 0.0654 e. The van der Waals surface area contributed by atoms with Gasteiger partial charge in [0.2, 0.25) is 0 Å². The Labute approximate surface area is 225 Å². The van der Waals surface area contributed by atoms with E-state index >= 15 is 0 Å². The van der Waals surface area contributed by atoms with Gasteiger partial charge in [0.1, 0.15) is 0 Å². The predicted molar refractivity (Wildman–Crippen MR) is 164 cm³/mol. The van der Waals surface area contributed by atoms with Crippen LogP contribution in [0.5, 0.6) is 0 Å². The van der Waals surface area contributed by atoms with Crippen molar-refractivity contribution in [2.75, 3.05) is 0 Å². The zero-order chi connectivity index (χ0) is 25.7. The van der Waals surface area contributed by atoms with Crippen molar-refractivity contribution in [3.63, 3.8) is 0 Å². The highest BCUT2D eigenvalue weighted by Gasteiger charge is 2.04. The Morgan fingerprint density at radius 1 is 0.257 bits per heavy atom. The minimum atomic E-state index is 0.966. The van der Waals surface area contributed by atoms with E-state index in [9.17, 15) is 0 Å². The van der Waals surface area contributed by atoms with Gasteiger partial charge in [-0.3, -0.25) is 0 Å². The van der Waals surface area contributed by atoms with E-state index in [1.807, 2.05) is 0 Å². The maximum atomic E-state index is 2.50. The van der Waals surface area contributed by atoms with Gasteiger partial charge in [0.05, 0.1) is 0 Å². The molecule has 212 valence electrons. The van der Waals surface area contributed by atoms with Crippen LogP contribution in [-0.2, 0) is 0 Å². The van der Waals surface area contributed by atoms with E-state index in [-0.39, 0.29) is 0 Å². The predicted octanol–water partition coefficient (Wildman–Crippen LogP) is 13.6. The third-order valence-corrected chi connectivity index (χ3v) is 8.49. The molecule has 0 aromatic carbocycles. The van der Waals surface area contributed by atoms with E-state index in [1.54, 1.807) is 0 Å². The summed E-state index contributed by atoms with van der Waals surface area (Å²) in [6.07, 6.45) is 42.6. The first-order valence-corrected chi connectivity index (χ1v) is 17.2. The highest BCUT2D eigenvalue weighted by molar-refractivity contribution is 4.58. The first kappa shape index (κ1) is 35.0. The molecule has 2 unspecified atom stereocenters. The molecule has 35 heavy (non-hydrogen) atoms. The first-order chi connectivity index (χ1) is 17.2. The lowest BCUT2D eigenvalue weighted by Gasteiger charge is -2.11. The molecule has 0 aromatic heterocycles. The van der Waals surface area contributed by atoms with Crippen molar-refractivity contribution in [1.82, 2.24) is 0 Å². The van der Waals surface area contributed by atoms with Gasteiger partial charge in [0, 0.05) is 0 Å². The van der Waals surface area contributed by atoms with Crippen molar-refractivity contribution in [3.8, 4) is 0 Å².